The van der Waals surface area contributed by atoms with Crippen LogP contribution in [0.3, 0.4) is 0 Å². The van der Waals surface area contributed by atoms with Crippen LogP contribution in [0, 0.1) is 5.95 Å². The number of halogens is 1. The zero-order chi connectivity index (χ0) is 13.0. The number of nitrogens with two attached hydrogens (primary N) is 1. The van der Waals surface area contributed by atoms with Gasteiger partial charge in [-0.3, -0.25) is 0 Å². The van der Waals surface area contributed by atoms with Crippen molar-refractivity contribution in [2.24, 2.45) is 5.73 Å². The summed E-state index contributed by atoms with van der Waals surface area (Å²) < 4.78 is 17.5. The Labute approximate surface area is 96.8 Å². The SMILES string of the molecule is COC(=O)c1cc(C(O)C(O)CN)cnc1F. The predicted octanol–water partition coefficient (Wildman–Crippen LogP) is -0.640. The van der Waals surface area contributed by atoms with Crippen LogP contribution in [0.15, 0.2) is 12.3 Å². The van der Waals surface area contributed by atoms with E-state index in [2.05, 4.69) is 9.72 Å². The molecule has 0 aliphatic carbocycles. The molecule has 1 rings (SSSR count). The van der Waals surface area contributed by atoms with Gasteiger partial charge in [0.15, 0.2) is 0 Å². The molecule has 17 heavy (non-hydrogen) atoms. The summed E-state index contributed by atoms with van der Waals surface area (Å²) in [6.45, 7) is -0.175. The molecular formula is C10H13FN2O4. The van der Waals surface area contributed by atoms with Gasteiger partial charge >= 0.3 is 5.97 Å². The molecule has 1 aromatic heterocycles. The summed E-state index contributed by atoms with van der Waals surface area (Å²) in [5.41, 5.74) is 4.85. The third-order valence-electron chi connectivity index (χ3n) is 2.21. The number of rotatable bonds is 4. The van der Waals surface area contributed by atoms with E-state index in [1.54, 1.807) is 0 Å². The Hall–Kier alpha value is -1.57. The summed E-state index contributed by atoms with van der Waals surface area (Å²) in [5.74, 6) is -1.92. The van der Waals surface area contributed by atoms with Crippen molar-refractivity contribution < 1.29 is 24.1 Å². The summed E-state index contributed by atoms with van der Waals surface area (Å²) in [5, 5.41) is 18.9. The van der Waals surface area contributed by atoms with Crippen LogP contribution >= 0.6 is 0 Å². The number of ether oxygens (including phenoxy) is 1. The molecular weight excluding hydrogens is 231 g/mol. The molecule has 0 fully saturated rings. The first-order valence-corrected chi connectivity index (χ1v) is 4.81. The van der Waals surface area contributed by atoms with Crippen LogP contribution in [-0.2, 0) is 4.74 Å². The summed E-state index contributed by atoms with van der Waals surface area (Å²) in [6.07, 6.45) is -1.53. The van der Waals surface area contributed by atoms with Gasteiger partial charge in [-0.05, 0) is 6.07 Å². The summed E-state index contributed by atoms with van der Waals surface area (Å²) in [6, 6.07) is 1.07. The normalized spacial score (nSPS) is 14.2. The third kappa shape index (κ3) is 2.96. The largest absolute Gasteiger partial charge is 0.465 e. The highest BCUT2D eigenvalue weighted by Gasteiger charge is 2.21. The summed E-state index contributed by atoms with van der Waals surface area (Å²) >= 11 is 0. The Morgan fingerprint density at radius 2 is 2.29 bits per heavy atom. The topological polar surface area (TPSA) is 106 Å². The number of hydrogen-bond acceptors (Lipinski definition) is 6. The number of aliphatic hydroxyl groups is 2. The van der Waals surface area contributed by atoms with Crippen LogP contribution in [-0.4, -0.2) is 40.9 Å². The zero-order valence-corrected chi connectivity index (χ0v) is 9.13. The van der Waals surface area contributed by atoms with Crippen molar-refractivity contribution in [3.63, 3.8) is 0 Å². The van der Waals surface area contributed by atoms with Crippen molar-refractivity contribution in [1.82, 2.24) is 4.98 Å². The predicted molar refractivity (Wildman–Crippen MR) is 55.6 cm³/mol. The van der Waals surface area contributed by atoms with Crippen LogP contribution in [0.2, 0.25) is 0 Å². The number of nitrogens with zero attached hydrogens (tertiary/aromatic N) is 1. The number of methoxy groups -OCH3 is 1. The fourth-order valence-electron chi connectivity index (χ4n) is 1.23. The highest BCUT2D eigenvalue weighted by molar-refractivity contribution is 5.89. The molecule has 94 valence electrons. The van der Waals surface area contributed by atoms with E-state index in [-0.39, 0.29) is 12.1 Å². The second-order valence-electron chi connectivity index (χ2n) is 3.35. The molecule has 0 aliphatic rings. The fourth-order valence-corrected chi connectivity index (χ4v) is 1.23. The van der Waals surface area contributed by atoms with Crippen molar-refractivity contribution in [3.8, 4) is 0 Å². The van der Waals surface area contributed by atoms with Crippen LogP contribution < -0.4 is 5.73 Å². The van der Waals surface area contributed by atoms with Gasteiger partial charge in [-0.2, -0.15) is 4.39 Å². The Morgan fingerprint density at radius 3 is 2.82 bits per heavy atom. The van der Waals surface area contributed by atoms with E-state index in [1.165, 1.54) is 0 Å². The van der Waals surface area contributed by atoms with Gasteiger partial charge in [0.05, 0.1) is 13.2 Å². The van der Waals surface area contributed by atoms with Gasteiger partial charge < -0.3 is 20.7 Å². The average Bonchev–Trinajstić information content (AvgIpc) is 2.36. The minimum atomic E-state index is -1.34. The van der Waals surface area contributed by atoms with Gasteiger partial charge in [0.2, 0.25) is 5.95 Å². The van der Waals surface area contributed by atoms with E-state index in [1.807, 2.05) is 0 Å². The fraction of sp³-hybridized carbons (Fsp3) is 0.400. The van der Waals surface area contributed by atoms with Gasteiger partial charge in [0, 0.05) is 18.3 Å². The van der Waals surface area contributed by atoms with Crippen LogP contribution in [0.1, 0.15) is 22.0 Å². The molecule has 4 N–H and O–H groups in total. The van der Waals surface area contributed by atoms with Gasteiger partial charge in [-0.25, -0.2) is 9.78 Å². The second kappa shape index (κ2) is 5.67. The van der Waals surface area contributed by atoms with Crippen molar-refractivity contribution in [3.05, 3.63) is 29.3 Å². The Bertz CT molecular complexity index is 413. The molecule has 1 aromatic rings. The first-order chi connectivity index (χ1) is 8.01. The molecule has 0 radical (unpaired) electrons. The average molecular weight is 244 g/mol. The molecule has 2 atom stereocenters. The van der Waals surface area contributed by atoms with Crippen LogP contribution in [0.5, 0.6) is 0 Å². The molecule has 0 bridgehead atoms. The zero-order valence-electron chi connectivity index (χ0n) is 9.13. The van der Waals surface area contributed by atoms with Gasteiger partial charge in [0.1, 0.15) is 11.7 Å². The highest BCUT2D eigenvalue weighted by atomic mass is 19.1. The standard InChI is InChI=1S/C10H13FN2O4/c1-17-10(16)6-2-5(4-13-9(6)11)8(15)7(14)3-12/h2,4,7-8,14-15H,3,12H2,1H3. The Kier molecular flexibility index (Phi) is 4.50. The molecule has 1 heterocycles. The molecule has 2 unspecified atom stereocenters. The van der Waals surface area contributed by atoms with Gasteiger partial charge in [-0.1, -0.05) is 0 Å². The maximum Gasteiger partial charge on any atom is 0.342 e. The molecule has 0 saturated heterocycles. The number of carbonyl (C=O) groups is 1. The molecule has 0 spiro atoms. The van der Waals surface area contributed by atoms with Crippen LogP contribution in [0.4, 0.5) is 4.39 Å². The minimum absolute atomic E-state index is 0.0877. The number of pyridine rings is 1. The lowest BCUT2D eigenvalue weighted by Crippen LogP contribution is -2.27. The third-order valence-corrected chi connectivity index (χ3v) is 2.21. The maximum absolute atomic E-state index is 13.2. The lowest BCUT2D eigenvalue weighted by atomic mass is 10.0. The monoisotopic (exact) mass is 244 g/mol. The molecule has 0 aliphatic heterocycles. The lowest BCUT2D eigenvalue weighted by Gasteiger charge is -2.16. The summed E-state index contributed by atoms with van der Waals surface area (Å²) in [4.78, 5) is 14.5. The van der Waals surface area contributed by atoms with E-state index < -0.39 is 29.7 Å². The van der Waals surface area contributed by atoms with E-state index >= 15 is 0 Å². The number of aromatic nitrogens is 1. The second-order valence-corrected chi connectivity index (χ2v) is 3.35. The lowest BCUT2D eigenvalue weighted by molar-refractivity contribution is 0.0239. The van der Waals surface area contributed by atoms with E-state index in [4.69, 9.17) is 5.73 Å². The van der Waals surface area contributed by atoms with Crippen molar-refractivity contribution in [1.29, 1.82) is 0 Å². The maximum atomic E-state index is 13.2. The Balaban J connectivity index is 3.08. The molecule has 0 amide bonds. The quantitative estimate of drug-likeness (QED) is 0.480. The van der Waals surface area contributed by atoms with Gasteiger partial charge in [-0.15, -0.1) is 0 Å². The molecule has 7 heteroatoms. The van der Waals surface area contributed by atoms with E-state index in [0.717, 1.165) is 19.4 Å². The van der Waals surface area contributed by atoms with E-state index in [9.17, 15) is 19.4 Å². The number of carbonyl (C=O) groups excluding carboxylic acids is 1. The van der Waals surface area contributed by atoms with Crippen molar-refractivity contribution >= 4 is 5.97 Å². The number of esters is 1. The van der Waals surface area contributed by atoms with E-state index in [0.29, 0.717) is 0 Å². The Morgan fingerprint density at radius 1 is 1.65 bits per heavy atom. The highest BCUT2D eigenvalue weighted by Crippen LogP contribution is 2.18. The molecule has 6 nitrogen and oxygen atoms in total. The molecule has 0 aromatic carbocycles. The summed E-state index contributed by atoms with van der Waals surface area (Å²) in [7, 11) is 1.10. The van der Waals surface area contributed by atoms with Gasteiger partial charge in [0.25, 0.3) is 0 Å². The smallest absolute Gasteiger partial charge is 0.342 e. The van der Waals surface area contributed by atoms with Crippen molar-refractivity contribution in [2.75, 3.05) is 13.7 Å². The minimum Gasteiger partial charge on any atom is -0.465 e. The number of aliphatic hydroxyl groups excluding tert-OH is 2. The first kappa shape index (κ1) is 13.5. The number of hydrogen-bond donors (Lipinski definition) is 3. The molecule has 0 saturated carbocycles. The van der Waals surface area contributed by atoms with Crippen molar-refractivity contribution in [2.45, 2.75) is 12.2 Å². The first-order valence-electron chi connectivity index (χ1n) is 4.81. The van der Waals surface area contributed by atoms with Crippen LogP contribution in [0.25, 0.3) is 0 Å².